The van der Waals surface area contributed by atoms with Crippen LogP contribution in [0.25, 0.3) is 0 Å². The van der Waals surface area contributed by atoms with Gasteiger partial charge in [-0.3, -0.25) is 4.90 Å². The summed E-state index contributed by atoms with van der Waals surface area (Å²) in [6.45, 7) is 6.17. The van der Waals surface area contributed by atoms with Crippen molar-refractivity contribution in [2.24, 2.45) is 0 Å². The molecular formula is C13H21Cl2N5. The van der Waals surface area contributed by atoms with Gasteiger partial charge in [0, 0.05) is 44.8 Å². The van der Waals surface area contributed by atoms with Crippen LogP contribution in [0.3, 0.4) is 0 Å². The van der Waals surface area contributed by atoms with Crippen LogP contribution in [0.15, 0.2) is 6.33 Å². The highest BCUT2D eigenvalue weighted by molar-refractivity contribution is 6.31. The average molecular weight is 318 g/mol. The first-order chi connectivity index (χ1) is 9.61. The average Bonchev–Trinajstić information content (AvgIpc) is 2.45. The van der Waals surface area contributed by atoms with Crippen LogP contribution in [0, 0.1) is 0 Å². The number of nitrogens with zero attached hydrogens (tertiary/aromatic N) is 5. The number of alkyl halides is 1. The van der Waals surface area contributed by atoms with Crippen molar-refractivity contribution in [3.05, 3.63) is 17.0 Å². The van der Waals surface area contributed by atoms with E-state index in [1.165, 1.54) is 6.33 Å². The van der Waals surface area contributed by atoms with E-state index in [0.717, 1.165) is 50.6 Å². The quantitative estimate of drug-likeness (QED) is 0.608. The third-order valence-corrected chi connectivity index (χ3v) is 4.13. The summed E-state index contributed by atoms with van der Waals surface area (Å²) in [7, 11) is 4.21. The molecule has 1 saturated heterocycles. The molecule has 0 aromatic carbocycles. The smallest absolute Gasteiger partial charge is 0.138 e. The number of halogens is 2. The summed E-state index contributed by atoms with van der Waals surface area (Å²) in [5.74, 6) is 1.22. The van der Waals surface area contributed by atoms with Gasteiger partial charge in [0.2, 0.25) is 0 Å². The fraction of sp³-hybridized carbons (Fsp3) is 0.692. The Bertz CT molecular complexity index is 433. The molecule has 1 fully saturated rings. The molecular weight excluding hydrogens is 297 g/mol. The first kappa shape index (κ1) is 15.8. The van der Waals surface area contributed by atoms with E-state index in [4.69, 9.17) is 23.2 Å². The molecule has 5 nitrogen and oxygen atoms in total. The van der Waals surface area contributed by atoms with Crippen molar-refractivity contribution in [3.8, 4) is 0 Å². The normalized spacial score (nSPS) is 16.9. The van der Waals surface area contributed by atoms with Crippen LogP contribution < -0.4 is 4.90 Å². The van der Waals surface area contributed by atoms with E-state index in [2.05, 4.69) is 38.8 Å². The zero-order valence-corrected chi connectivity index (χ0v) is 13.5. The van der Waals surface area contributed by atoms with Gasteiger partial charge in [-0.25, -0.2) is 9.97 Å². The van der Waals surface area contributed by atoms with Gasteiger partial charge in [-0.2, -0.15) is 0 Å². The third kappa shape index (κ3) is 3.95. The SMILES string of the molecule is CN(C)CCN1CCN(c2ncnc(Cl)c2CCl)CC1. The van der Waals surface area contributed by atoms with E-state index in [1.54, 1.807) is 0 Å². The Balaban J connectivity index is 1.95. The van der Waals surface area contributed by atoms with Crippen LogP contribution in [0.5, 0.6) is 0 Å². The lowest BCUT2D eigenvalue weighted by Crippen LogP contribution is -2.48. The second-order valence-electron chi connectivity index (χ2n) is 5.23. The highest BCUT2D eigenvalue weighted by Gasteiger charge is 2.21. The Morgan fingerprint density at radius 1 is 1.20 bits per heavy atom. The van der Waals surface area contributed by atoms with E-state index in [1.807, 2.05) is 0 Å². The van der Waals surface area contributed by atoms with Crippen molar-refractivity contribution in [1.29, 1.82) is 0 Å². The van der Waals surface area contributed by atoms with E-state index >= 15 is 0 Å². The minimum absolute atomic E-state index is 0.343. The molecule has 2 rings (SSSR count). The number of aromatic nitrogens is 2. The highest BCUT2D eigenvalue weighted by Crippen LogP contribution is 2.25. The van der Waals surface area contributed by atoms with Gasteiger partial charge in [-0.15, -0.1) is 11.6 Å². The van der Waals surface area contributed by atoms with Crippen LogP contribution in [-0.2, 0) is 5.88 Å². The van der Waals surface area contributed by atoms with Gasteiger partial charge < -0.3 is 9.80 Å². The molecule has 0 spiro atoms. The molecule has 0 radical (unpaired) electrons. The summed E-state index contributed by atoms with van der Waals surface area (Å²) in [5.41, 5.74) is 0.831. The summed E-state index contributed by atoms with van der Waals surface area (Å²) in [6.07, 6.45) is 1.51. The molecule has 20 heavy (non-hydrogen) atoms. The number of hydrogen-bond donors (Lipinski definition) is 0. The zero-order valence-electron chi connectivity index (χ0n) is 12.0. The van der Waals surface area contributed by atoms with Gasteiger partial charge in [-0.05, 0) is 14.1 Å². The number of piperazine rings is 1. The molecule has 0 N–H and O–H groups in total. The number of rotatable bonds is 5. The Hall–Kier alpha value is -0.620. The molecule has 1 aliphatic heterocycles. The van der Waals surface area contributed by atoms with Crippen LogP contribution in [0.1, 0.15) is 5.56 Å². The van der Waals surface area contributed by atoms with E-state index in [9.17, 15) is 0 Å². The van der Waals surface area contributed by atoms with E-state index in [-0.39, 0.29) is 0 Å². The van der Waals surface area contributed by atoms with Gasteiger partial charge >= 0.3 is 0 Å². The molecule has 0 atom stereocenters. The highest BCUT2D eigenvalue weighted by atomic mass is 35.5. The molecule has 1 aromatic heterocycles. The van der Waals surface area contributed by atoms with E-state index < -0.39 is 0 Å². The number of likely N-dealkylation sites (N-methyl/N-ethyl adjacent to an activating group) is 1. The Labute approximate surface area is 130 Å². The predicted molar refractivity (Wildman–Crippen MR) is 83.8 cm³/mol. The summed E-state index contributed by atoms with van der Waals surface area (Å²) in [6, 6.07) is 0. The van der Waals surface area contributed by atoms with Crippen molar-refractivity contribution >= 4 is 29.0 Å². The van der Waals surface area contributed by atoms with Crippen molar-refractivity contribution in [1.82, 2.24) is 19.8 Å². The lowest BCUT2D eigenvalue weighted by Gasteiger charge is -2.36. The third-order valence-electron chi connectivity index (χ3n) is 3.54. The maximum absolute atomic E-state index is 6.08. The molecule has 0 amide bonds. The molecule has 112 valence electrons. The van der Waals surface area contributed by atoms with Crippen molar-refractivity contribution in [3.63, 3.8) is 0 Å². The van der Waals surface area contributed by atoms with Gasteiger partial charge in [0.1, 0.15) is 17.3 Å². The second-order valence-corrected chi connectivity index (χ2v) is 5.86. The van der Waals surface area contributed by atoms with E-state index in [0.29, 0.717) is 11.0 Å². The fourth-order valence-corrected chi connectivity index (χ4v) is 2.80. The minimum atomic E-state index is 0.343. The first-order valence-electron chi connectivity index (χ1n) is 6.79. The number of hydrogen-bond acceptors (Lipinski definition) is 5. The van der Waals surface area contributed by atoms with Crippen LogP contribution >= 0.6 is 23.2 Å². The fourth-order valence-electron chi connectivity index (χ4n) is 2.29. The molecule has 2 heterocycles. The Morgan fingerprint density at radius 2 is 1.90 bits per heavy atom. The molecule has 0 saturated carbocycles. The Kier molecular flexibility index (Phi) is 5.84. The predicted octanol–water partition coefficient (Wildman–Crippen LogP) is 1.55. The van der Waals surface area contributed by atoms with Crippen LogP contribution in [0.2, 0.25) is 5.15 Å². The minimum Gasteiger partial charge on any atom is -0.354 e. The Morgan fingerprint density at radius 3 is 2.50 bits per heavy atom. The number of anilines is 1. The standard InChI is InChI=1S/C13H21Cl2N5/c1-18(2)3-4-19-5-7-20(8-6-19)13-11(9-14)12(15)16-10-17-13/h10H,3-9H2,1-2H3. The van der Waals surface area contributed by atoms with Crippen LogP contribution in [0.4, 0.5) is 5.82 Å². The lowest BCUT2D eigenvalue weighted by molar-refractivity contribution is 0.229. The molecule has 0 aliphatic carbocycles. The molecule has 1 aromatic rings. The maximum Gasteiger partial charge on any atom is 0.138 e. The largest absolute Gasteiger partial charge is 0.354 e. The monoisotopic (exact) mass is 317 g/mol. The first-order valence-corrected chi connectivity index (χ1v) is 7.70. The van der Waals surface area contributed by atoms with Gasteiger partial charge in [0.25, 0.3) is 0 Å². The molecule has 1 aliphatic rings. The summed E-state index contributed by atoms with van der Waals surface area (Å²) in [5, 5.41) is 0.458. The molecule has 0 bridgehead atoms. The lowest BCUT2D eigenvalue weighted by atomic mass is 10.2. The topological polar surface area (TPSA) is 35.5 Å². The van der Waals surface area contributed by atoms with Crippen LogP contribution in [-0.4, -0.2) is 73.1 Å². The van der Waals surface area contributed by atoms with Gasteiger partial charge in [0.15, 0.2) is 0 Å². The van der Waals surface area contributed by atoms with Crippen molar-refractivity contribution < 1.29 is 0 Å². The van der Waals surface area contributed by atoms with Gasteiger partial charge in [0.05, 0.1) is 5.88 Å². The summed E-state index contributed by atoms with van der Waals surface area (Å²) < 4.78 is 0. The summed E-state index contributed by atoms with van der Waals surface area (Å²) in [4.78, 5) is 15.3. The summed E-state index contributed by atoms with van der Waals surface area (Å²) >= 11 is 12.0. The molecule has 0 unspecified atom stereocenters. The second kappa shape index (κ2) is 7.41. The molecule has 7 heteroatoms. The van der Waals surface area contributed by atoms with Gasteiger partial charge in [-0.1, -0.05) is 11.6 Å². The zero-order chi connectivity index (χ0) is 14.5. The maximum atomic E-state index is 6.08. The van der Waals surface area contributed by atoms with Crippen molar-refractivity contribution in [2.45, 2.75) is 5.88 Å². The van der Waals surface area contributed by atoms with Crippen molar-refractivity contribution in [2.75, 3.05) is 58.3 Å².